The molecule has 2 N–H and O–H groups in total. The molecule has 0 fully saturated rings. The van der Waals surface area contributed by atoms with Crippen molar-refractivity contribution in [2.24, 2.45) is 0 Å². The standard InChI is InChI=1S/C14H17ClFN3/c1-3-4-7-19-9(2)18-13(14(19)17)11-8-10(15)5-6-12(11)16/h5-6,8H,3-4,7,17H2,1-2H3. The van der Waals surface area contributed by atoms with Crippen molar-refractivity contribution in [3.05, 3.63) is 34.9 Å². The van der Waals surface area contributed by atoms with Gasteiger partial charge in [0.2, 0.25) is 0 Å². The first-order valence-corrected chi connectivity index (χ1v) is 6.70. The van der Waals surface area contributed by atoms with Crippen molar-refractivity contribution in [2.75, 3.05) is 5.73 Å². The van der Waals surface area contributed by atoms with Crippen LogP contribution in [0, 0.1) is 12.7 Å². The van der Waals surface area contributed by atoms with Crippen LogP contribution in [0.5, 0.6) is 0 Å². The third-order valence-electron chi connectivity index (χ3n) is 3.12. The van der Waals surface area contributed by atoms with E-state index in [1.165, 1.54) is 12.1 Å². The van der Waals surface area contributed by atoms with E-state index in [9.17, 15) is 4.39 Å². The van der Waals surface area contributed by atoms with Gasteiger partial charge in [0.15, 0.2) is 0 Å². The molecule has 0 spiro atoms. The highest BCUT2D eigenvalue weighted by atomic mass is 35.5. The Kier molecular flexibility index (Phi) is 4.10. The zero-order chi connectivity index (χ0) is 14.0. The number of imidazole rings is 1. The van der Waals surface area contributed by atoms with Crippen molar-refractivity contribution in [1.82, 2.24) is 9.55 Å². The third kappa shape index (κ3) is 2.73. The molecule has 1 aromatic heterocycles. The highest BCUT2D eigenvalue weighted by Crippen LogP contribution is 2.30. The van der Waals surface area contributed by atoms with Gasteiger partial charge in [-0.1, -0.05) is 24.9 Å². The van der Waals surface area contributed by atoms with Crippen LogP contribution in [-0.2, 0) is 6.54 Å². The first-order chi connectivity index (χ1) is 9.04. The maximum atomic E-state index is 13.9. The highest BCUT2D eigenvalue weighted by molar-refractivity contribution is 6.30. The van der Waals surface area contributed by atoms with Gasteiger partial charge in [-0.3, -0.25) is 0 Å². The Balaban J connectivity index is 2.48. The van der Waals surface area contributed by atoms with Gasteiger partial charge in [0.25, 0.3) is 0 Å². The molecule has 0 aliphatic heterocycles. The lowest BCUT2D eigenvalue weighted by Gasteiger charge is -2.07. The van der Waals surface area contributed by atoms with Gasteiger partial charge in [0, 0.05) is 17.1 Å². The lowest BCUT2D eigenvalue weighted by atomic mass is 10.1. The van der Waals surface area contributed by atoms with E-state index in [0.717, 1.165) is 25.2 Å². The molecule has 2 rings (SSSR count). The summed E-state index contributed by atoms with van der Waals surface area (Å²) in [4.78, 5) is 4.37. The molecule has 1 heterocycles. The lowest BCUT2D eigenvalue weighted by molar-refractivity contribution is 0.622. The van der Waals surface area contributed by atoms with Crippen LogP contribution in [0.3, 0.4) is 0 Å². The summed E-state index contributed by atoms with van der Waals surface area (Å²) in [5.41, 5.74) is 6.90. The summed E-state index contributed by atoms with van der Waals surface area (Å²) in [5, 5.41) is 0.469. The van der Waals surface area contributed by atoms with Gasteiger partial charge in [0.1, 0.15) is 23.2 Å². The number of nitrogens with two attached hydrogens (primary N) is 1. The van der Waals surface area contributed by atoms with Crippen LogP contribution in [0.2, 0.25) is 5.02 Å². The molecular formula is C14H17ClFN3. The van der Waals surface area contributed by atoms with Crippen molar-refractivity contribution >= 4 is 17.4 Å². The highest BCUT2D eigenvalue weighted by Gasteiger charge is 2.16. The predicted molar refractivity (Wildman–Crippen MR) is 76.7 cm³/mol. The Morgan fingerprint density at radius 3 is 2.84 bits per heavy atom. The van der Waals surface area contributed by atoms with E-state index in [1.54, 1.807) is 6.07 Å². The van der Waals surface area contributed by atoms with E-state index < -0.39 is 0 Å². The Morgan fingerprint density at radius 1 is 1.42 bits per heavy atom. The zero-order valence-electron chi connectivity index (χ0n) is 11.1. The number of nitrogen functional groups attached to an aromatic ring is 1. The van der Waals surface area contributed by atoms with Crippen LogP contribution in [0.4, 0.5) is 10.2 Å². The van der Waals surface area contributed by atoms with Gasteiger partial charge in [0.05, 0.1) is 0 Å². The fourth-order valence-corrected chi connectivity index (χ4v) is 2.23. The van der Waals surface area contributed by atoms with E-state index in [0.29, 0.717) is 22.1 Å². The average molecular weight is 282 g/mol. The Bertz CT molecular complexity index is 593. The van der Waals surface area contributed by atoms with E-state index in [4.69, 9.17) is 17.3 Å². The third-order valence-corrected chi connectivity index (χ3v) is 3.35. The molecule has 5 heteroatoms. The summed E-state index contributed by atoms with van der Waals surface area (Å²) < 4.78 is 15.8. The van der Waals surface area contributed by atoms with Gasteiger partial charge in [-0.15, -0.1) is 0 Å². The molecule has 0 aliphatic carbocycles. The fraction of sp³-hybridized carbons (Fsp3) is 0.357. The summed E-state index contributed by atoms with van der Waals surface area (Å²) >= 11 is 5.91. The molecule has 0 amide bonds. The molecule has 1 aromatic carbocycles. The minimum absolute atomic E-state index is 0.350. The van der Waals surface area contributed by atoms with Crippen LogP contribution in [0.15, 0.2) is 18.2 Å². The molecule has 0 saturated carbocycles. The number of unbranched alkanes of at least 4 members (excludes halogenated alkanes) is 1. The fourth-order valence-electron chi connectivity index (χ4n) is 2.06. The van der Waals surface area contributed by atoms with E-state index in [1.807, 2.05) is 11.5 Å². The smallest absolute Gasteiger partial charge is 0.132 e. The number of anilines is 1. The average Bonchev–Trinajstić information content (AvgIpc) is 2.66. The molecular weight excluding hydrogens is 265 g/mol. The number of nitrogens with zero attached hydrogens (tertiary/aromatic N) is 2. The van der Waals surface area contributed by atoms with Gasteiger partial charge >= 0.3 is 0 Å². The zero-order valence-corrected chi connectivity index (χ0v) is 11.8. The van der Waals surface area contributed by atoms with Crippen LogP contribution >= 0.6 is 11.6 Å². The van der Waals surface area contributed by atoms with E-state index in [2.05, 4.69) is 11.9 Å². The van der Waals surface area contributed by atoms with Gasteiger partial charge in [-0.05, 0) is 31.5 Å². The minimum Gasteiger partial charge on any atom is -0.383 e. The number of benzene rings is 1. The summed E-state index contributed by atoms with van der Waals surface area (Å²) in [6, 6.07) is 4.40. The molecule has 0 bridgehead atoms. The minimum atomic E-state index is -0.365. The Morgan fingerprint density at radius 2 is 2.16 bits per heavy atom. The second-order valence-electron chi connectivity index (χ2n) is 4.52. The second kappa shape index (κ2) is 5.61. The summed E-state index contributed by atoms with van der Waals surface area (Å²) in [6.45, 7) is 4.78. The molecule has 2 aromatic rings. The van der Waals surface area contributed by atoms with Crippen molar-refractivity contribution in [2.45, 2.75) is 33.2 Å². The van der Waals surface area contributed by atoms with Gasteiger partial charge < -0.3 is 10.3 Å². The molecule has 0 radical (unpaired) electrons. The van der Waals surface area contributed by atoms with Crippen molar-refractivity contribution in [3.8, 4) is 11.3 Å². The molecule has 19 heavy (non-hydrogen) atoms. The molecule has 0 aliphatic rings. The first-order valence-electron chi connectivity index (χ1n) is 6.32. The summed E-state index contributed by atoms with van der Waals surface area (Å²) in [5.74, 6) is 0.920. The van der Waals surface area contributed by atoms with Crippen LogP contribution in [0.25, 0.3) is 11.3 Å². The first kappa shape index (κ1) is 13.9. The molecule has 102 valence electrons. The maximum absolute atomic E-state index is 13.9. The normalized spacial score (nSPS) is 10.9. The number of aryl methyl sites for hydroxylation is 1. The maximum Gasteiger partial charge on any atom is 0.132 e. The van der Waals surface area contributed by atoms with Crippen molar-refractivity contribution in [1.29, 1.82) is 0 Å². The number of halogens is 2. The molecule has 3 nitrogen and oxygen atoms in total. The Labute approximate surface area is 117 Å². The SMILES string of the molecule is CCCCn1c(C)nc(-c2cc(Cl)ccc2F)c1N. The summed E-state index contributed by atoms with van der Waals surface area (Å²) in [6.07, 6.45) is 2.08. The van der Waals surface area contributed by atoms with Crippen LogP contribution < -0.4 is 5.73 Å². The van der Waals surface area contributed by atoms with E-state index in [-0.39, 0.29) is 5.82 Å². The second-order valence-corrected chi connectivity index (χ2v) is 4.96. The van der Waals surface area contributed by atoms with Crippen LogP contribution in [0.1, 0.15) is 25.6 Å². The van der Waals surface area contributed by atoms with Crippen molar-refractivity contribution in [3.63, 3.8) is 0 Å². The van der Waals surface area contributed by atoms with Gasteiger partial charge in [-0.2, -0.15) is 0 Å². The number of rotatable bonds is 4. The Hall–Kier alpha value is -1.55. The number of aromatic nitrogens is 2. The largest absolute Gasteiger partial charge is 0.383 e. The molecule has 0 atom stereocenters. The monoisotopic (exact) mass is 281 g/mol. The van der Waals surface area contributed by atoms with Crippen LogP contribution in [-0.4, -0.2) is 9.55 Å². The van der Waals surface area contributed by atoms with Gasteiger partial charge in [-0.25, -0.2) is 9.37 Å². The predicted octanol–water partition coefficient (Wildman–Crippen LogP) is 4.03. The topological polar surface area (TPSA) is 43.8 Å². The molecule has 0 unspecified atom stereocenters. The number of hydrogen-bond donors (Lipinski definition) is 1. The van der Waals surface area contributed by atoms with E-state index >= 15 is 0 Å². The quantitative estimate of drug-likeness (QED) is 0.919. The number of hydrogen-bond acceptors (Lipinski definition) is 2. The summed E-state index contributed by atoms with van der Waals surface area (Å²) in [7, 11) is 0. The van der Waals surface area contributed by atoms with Crippen molar-refractivity contribution < 1.29 is 4.39 Å². The lowest BCUT2D eigenvalue weighted by Crippen LogP contribution is -2.05. The molecule has 0 saturated heterocycles.